The van der Waals surface area contributed by atoms with E-state index in [0.29, 0.717) is 12.3 Å². The van der Waals surface area contributed by atoms with Crippen molar-refractivity contribution in [3.05, 3.63) is 23.8 Å². The molecular formula is C16H24N2O3. The van der Waals surface area contributed by atoms with Crippen molar-refractivity contribution in [2.45, 2.75) is 25.8 Å². The van der Waals surface area contributed by atoms with Crippen molar-refractivity contribution in [3.63, 3.8) is 0 Å². The van der Waals surface area contributed by atoms with E-state index >= 15 is 0 Å². The number of phenolic OH excluding ortho intramolecular Hbond substituents is 1. The first-order valence-corrected chi connectivity index (χ1v) is 7.38. The van der Waals surface area contributed by atoms with Crippen LogP contribution < -0.4 is 4.74 Å². The van der Waals surface area contributed by atoms with Crippen LogP contribution in [-0.2, 0) is 4.79 Å². The van der Waals surface area contributed by atoms with Crippen molar-refractivity contribution in [3.8, 4) is 11.5 Å². The summed E-state index contributed by atoms with van der Waals surface area (Å²) in [5, 5.41) is 9.64. The Morgan fingerprint density at radius 3 is 2.71 bits per heavy atom. The number of carbonyl (C=O) groups excluding carboxylic acids is 1. The van der Waals surface area contributed by atoms with Crippen molar-refractivity contribution in [2.75, 3.05) is 33.8 Å². The van der Waals surface area contributed by atoms with E-state index in [1.807, 2.05) is 35.9 Å². The van der Waals surface area contributed by atoms with Crippen molar-refractivity contribution >= 4 is 5.91 Å². The molecule has 1 fully saturated rings. The summed E-state index contributed by atoms with van der Waals surface area (Å²) in [7, 11) is 3.47. The third kappa shape index (κ3) is 3.67. The van der Waals surface area contributed by atoms with E-state index in [2.05, 4.69) is 0 Å². The lowest BCUT2D eigenvalue weighted by molar-refractivity contribution is -0.131. The van der Waals surface area contributed by atoms with Crippen LogP contribution in [0.4, 0.5) is 0 Å². The first kappa shape index (κ1) is 15.6. The van der Waals surface area contributed by atoms with E-state index in [4.69, 9.17) is 4.74 Å². The van der Waals surface area contributed by atoms with Crippen LogP contribution >= 0.6 is 0 Å². The molecule has 1 aliphatic rings. The van der Waals surface area contributed by atoms with Gasteiger partial charge in [-0.2, -0.15) is 0 Å². The molecule has 1 aromatic carbocycles. The van der Waals surface area contributed by atoms with Crippen LogP contribution in [-0.4, -0.2) is 54.6 Å². The quantitative estimate of drug-likeness (QED) is 0.902. The van der Waals surface area contributed by atoms with E-state index in [1.165, 1.54) is 7.11 Å². The average molecular weight is 292 g/mol. The number of benzene rings is 1. The number of likely N-dealkylation sites (N-methyl/N-ethyl adjacent to an activating group) is 1. The Balaban J connectivity index is 2.01. The van der Waals surface area contributed by atoms with Crippen molar-refractivity contribution in [1.82, 2.24) is 9.80 Å². The summed E-state index contributed by atoms with van der Waals surface area (Å²) in [5.74, 6) is 0.774. The normalized spacial score (nSPS) is 16.3. The lowest BCUT2D eigenvalue weighted by Gasteiger charge is -2.27. The Kier molecular flexibility index (Phi) is 5.07. The van der Waals surface area contributed by atoms with Crippen LogP contribution in [0, 0.1) is 0 Å². The predicted molar refractivity (Wildman–Crippen MR) is 81.5 cm³/mol. The molecule has 5 heteroatoms. The topological polar surface area (TPSA) is 53.0 Å². The van der Waals surface area contributed by atoms with Gasteiger partial charge >= 0.3 is 0 Å². The number of phenols is 1. The zero-order valence-electron chi connectivity index (χ0n) is 13.0. The highest BCUT2D eigenvalue weighted by Gasteiger charge is 2.22. The van der Waals surface area contributed by atoms with Gasteiger partial charge in [0.2, 0.25) is 5.91 Å². The van der Waals surface area contributed by atoms with Gasteiger partial charge in [-0.1, -0.05) is 6.07 Å². The smallest absolute Gasteiger partial charge is 0.236 e. The summed E-state index contributed by atoms with van der Waals surface area (Å²) in [6, 6.07) is 5.38. The first-order chi connectivity index (χ1) is 10.0. The Morgan fingerprint density at radius 2 is 2.10 bits per heavy atom. The van der Waals surface area contributed by atoms with Crippen LogP contribution in [0.2, 0.25) is 0 Å². The van der Waals surface area contributed by atoms with Crippen LogP contribution in [0.5, 0.6) is 11.5 Å². The minimum Gasteiger partial charge on any atom is -0.504 e. The van der Waals surface area contributed by atoms with E-state index in [1.54, 1.807) is 6.07 Å². The van der Waals surface area contributed by atoms with Gasteiger partial charge in [-0.05, 0) is 44.5 Å². The lowest BCUT2D eigenvalue weighted by atomic mass is 10.1. The molecule has 21 heavy (non-hydrogen) atoms. The number of amides is 1. The molecule has 1 unspecified atom stereocenters. The number of nitrogens with zero attached hydrogens (tertiary/aromatic N) is 2. The third-order valence-corrected chi connectivity index (χ3v) is 4.19. The maximum Gasteiger partial charge on any atom is 0.236 e. The maximum absolute atomic E-state index is 12.2. The van der Waals surface area contributed by atoms with E-state index in [-0.39, 0.29) is 17.7 Å². The molecule has 1 atom stereocenters. The lowest BCUT2D eigenvalue weighted by Crippen LogP contribution is -2.38. The van der Waals surface area contributed by atoms with Gasteiger partial charge in [0.1, 0.15) is 0 Å². The predicted octanol–water partition coefficient (Wildman–Crippen LogP) is 2.02. The largest absolute Gasteiger partial charge is 0.504 e. The van der Waals surface area contributed by atoms with Gasteiger partial charge in [-0.3, -0.25) is 9.69 Å². The maximum atomic E-state index is 12.2. The Bertz CT molecular complexity index is 498. The highest BCUT2D eigenvalue weighted by atomic mass is 16.5. The molecule has 0 saturated carbocycles. The number of likely N-dealkylation sites (tertiary alicyclic amines) is 1. The molecule has 0 bridgehead atoms. The molecule has 0 aromatic heterocycles. The van der Waals surface area contributed by atoms with Crippen LogP contribution in [0.3, 0.4) is 0 Å². The molecule has 1 heterocycles. The second kappa shape index (κ2) is 6.80. The molecule has 0 radical (unpaired) electrons. The number of hydrogen-bond donors (Lipinski definition) is 1. The second-order valence-electron chi connectivity index (χ2n) is 5.61. The number of aromatic hydroxyl groups is 1. The summed E-state index contributed by atoms with van der Waals surface area (Å²) in [6.07, 6.45) is 2.22. The summed E-state index contributed by atoms with van der Waals surface area (Å²) in [6.45, 7) is 4.22. The molecule has 5 nitrogen and oxygen atoms in total. The number of rotatable bonds is 5. The van der Waals surface area contributed by atoms with Gasteiger partial charge in [0, 0.05) is 19.1 Å². The zero-order chi connectivity index (χ0) is 15.4. The standard InChI is InChI=1S/C16H24N2O3/c1-12(13-6-7-14(19)15(10-13)21-3)17(2)11-16(20)18-8-4-5-9-18/h6-7,10,12,19H,4-5,8-9,11H2,1-3H3. The average Bonchev–Trinajstić information content (AvgIpc) is 3.01. The molecule has 1 amide bonds. The third-order valence-electron chi connectivity index (χ3n) is 4.19. The number of carbonyl (C=O) groups is 1. The summed E-state index contributed by atoms with van der Waals surface area (Å²) in [4.78, 5) is 16.1. The van der Waals surface area contributed by atoms with Crippen molar-refractivity contribution < 1.29 is 14.6 Å². The zero-order valence-corrected chi connectivity index (χ0v) is 13.0. The minimum atomic E-state index is 0.0750. The molecule has 2 rings (SSSR count). The van der Waals surface area contributed by atoms with Gasteiger partial charge in [-0.25, -0.2) is 0 Å². The number of hydrogen-bond acceptors (Lipinski definition) is 4. The Hall–Kier alpha value is -1.75. The fourth-order valence-corrected chi connectivity index (χ4v) is 2.63. The van der Waals surface area contributed by atoms with Gasteiger partial charge in [0.05, 0.1) is 13.7 Å². The van der Waals surface area contributed by atoms with Crippen LogP contribution in [0.15, 0.2) is 18.2 Å². The van der Waals surface area contributed by atoms with Crippen LogP contribution in [0.25, 0.3) is 0 Å². The summed E-state index contributed by atoms with van der Waals surface area (Å²) >= 11 is 0. The first-order valence-electron chi connectivity index (χ1n) is 7.38. The number of ether oxygens (including phenoxy) is 1. The molecular weight excluding hydrogens is 268 g/mol. The monoisotopic (exact) mass is 292 g/mol. The highest BCUT2D eigenvalue weighted by molar-refractivity contribution is 5.78. The fourth-order valence-electron chi connectivity index (χ4n) is 2.63. The molecule has 0 spiro atoms. The minimum absolute atomic E-state index is 0.0750. The fraction of sp³-hybridized carbons (Fsp3) is 0.562. The van der Waals surface area contributed by atoms with E-state index in [9.17, 15) is 9.90 Å². The Morgan fingerprint density at radius 1 is 1.43 bits per heavy atom. The summed E-state index contributed by atoms with van der Waals surface area (Å²) < 4.78 is 5.13. The molecule has 1 aromatic rings. The van der Waals surface area contributed by atoms with Crippen molar-refractivity contribution in [2.24, 2.45) is 0 Å². The van der Waals surface area contributed by atoms with Gasteiger partial charge < -0.3 is 14.7 Å². The number of methoxy groups -OCH3 is 1. The molecule has 1 N–H and O–H groups in total. The highest BCUT2D eigenvalue weighted by Crippen LogP contribution is 2.30. The van der Waals surface area contributed by atoms with Gasteiger partial charge in [0.15, 0.2) is 11.5 Å². The second-order valence-corrected chi connectivity index (χ2v) is 5.61. The van der Waals surface area contributed by atoms with E-state index < -0.39 is 0 Å². The van der Waals surface area contributed by atoms with Gasteiger partial charge in [-0.15, -0.1) is 0 Å². The van der Waals surface area contributed by atoms with Gasteiger partial charge in [0.25, 0.3) is 0 Å². The molecule has 0 aliphatic carbocycles. The molecule has 116 valence electrons. The van der Waals surface area contributed by atoms with Crippen LogP contribution in [0.1, 0.15) is 31.4 Å². The summed E-state index contributed by atoms with van der Waals surface area (Å²) in [5.41, 5.74) is 1.02. The molecule has 1 aliphatic heterocycles. The SMILES string of the molecule is COc1cc(C(C)N(C)CC(=O)N2CCCC2)ccc1O. The van der Waals surface area contributed by atoms with E-state index in [0.717, 1.165) is 31.5 Å². The molecule has 1 saturated heterocycles. The van der Waals surface area contributed by atoms with Crippen molar-refractivity contribution in [1.29, 1.82) is 0 Å². The Labute approximate surface area is 126 Å².